The number of hydrogen-bond donors (Lipinski definition) is 1. The summed E-state index contributed by atoms with van der Waals surface area (Å²) in [6.45, 7) is 1.94. The predicted molar refractivity (Wildman–Crippen MR) is 58.5 cm³/mol. The Kier molecular flexibility index (Phi) is 2.08. The maximum atomic E-state index is 11.8. The predicted octanol–water partition coefficient (Wildman–Crippen LogP) is 0.0256. The summed E-state index contributed by atoms with van der Waals surface area (Å²) in [5.74, 6) is -0.323. The van der Waals surface area contributed by atoms with E-state index in [2.05, 4.69) is 11.4 Å². The van der Waals surface area contributed by atoms with Crippen LogP contribution in [-0.2, 0) is 9.59 Å². The van der Waals surface area contributed by atoms with Crippen LogP contribution in [0.15, 0.2) is 0 Å². The van der Waals surface area contributed by atoms with Crippen molar-refractivity contribution in [2.75, 3.05) is 6.54 Å². The highest BCUT2D eigenvalue weighted by atomic mass is 16.2. The van der Waals surface area contributed by atoms with Gasteiger partial charge in [0.1, 0.15) is 5.54 Å². The van der Waals surface area contributed by atoms with E-state index in [0.29, 0.717) is 12.5 Å². The van der Waals surface area contributed by atoms with E-state index in [1.165, 1.54) is 4.90 Å². The van der Waals surface area contributed by atoms with E-state index >= 15 is 0 Å². The molecule has 0 aromatic heterocycles. The van der Waals surface area contributed by atoms with Gasteiger partial charge in [0, 0.05) is 6.04 Å². The van der Waals surface area contributed by atoms with Gasteiger partial charge in [-0.05, 0) is 26.2 Å². The van der Waals surface area contributed by atoms with Crippen LogP contribution in [-0.4, -0.2) is 34.8 Å². The number of rotatable bonds is 4. The minimum atomic E-state index is -0.802. The highest BCUT2D eigenvalue weighted by molar-refractivity contribution is 6.08. The lowest BCUT2D eigenvalue weighted by Crippen LogP contribution is -2.53. The molecule has 5 heteroatoms. The Morgan fingerprint density at radius 1 is 1.41 bits per heavy atom. The molecule has 2 saturated carbocycles. The molecule has 3 aliphatic rings. The van der Waals surface area contributed by atoms with Gasteiger partial charge in [-0.2, -0.15) is 5.26 Å². The van der Waals surface area contributed by atoms with Crippen molar-refractivity contribution >= 4 is 11.8 Å². The van der Waals surface area contributed by atoms with E-state index in [0.717, 1.165) is 12.8 Å². The lowest BCUT2D eigenvalue weighted by Gasteiger charge is -2.28. The van der Waals surface area contributed by atoms with Crippen LogP contribution in [0.1, 0.15) is 26.2 Å². The number of amides is 2. The molecule has 2 aliphatic carbocycles. The zero-order chi connectivity index (χ0) is 12.2. The third-order valence-corrected chi connectivity index (χ3v) is 3.78. The minimum Gasteiger partial charge on any atom is -0.295 e. The number of nitrogens with zero attached hydrogens (tertiary/aromatic N) is 2. The monoisotopic (exact) mass is 233 g/mol. The topological polar surface area (TPSA) is 73.2 Å². The van der Waals surface area contributed by atoms with E-state index in [1.807, 2.05) is 0 Å². The number of likely N-dealkylation sites (tertiary alicyclic amines) is 1. The lowest BCUT2D eigenvalue weighted by atomic mass is 10.0. The third-order valence-electron chi connectivity index (χ3n) is 3.78. The van der Waals surface area contributed by atoms with Gasteiger partial charge in [-0.3, -0.25) is 19.8 Å². The first kappa shape index (κ1) is 10.7. The number of hydrogen-bond acceptors (Lipinski definition) is 4. The normalized spacial score (nSPS) is 34.2. The number of nitriles is 1. The van der Waals surface area contributed by atoms with Crippen molar-refractivity contribution in [1.82, 2.24) is 10.2 Å². The van der Waals surface area contributed by atoms with Gasteiger partial charge in [0.15, 0.2) is 0 Å². The summed E-state index contributed by atoms with van der Waals surface area (Å²) < 4.78 is 0. The van der Waals surface area contributed by atoms with Crippen molar-refractivity contribution in [3.63, 3.8) is 0 Å². The number of carbonyl (C=O) groups is 2. The largest absolute Gasteiger partial charge is 0.295 e. The van der Waals surface area contributed by atoms with Crippen molar-refractivity contribution < 1.29 is 9.59 Å². The van der Waals surface area contributed by atoms with Crippen LogP contribution in [0, 0.1) is 23.2 Å². The molecule has 1 N–H and O–H groups in total. The smallest absolute Gasteiger partial charge is 0.233 e. The van der Waals surface area contributed by atoms with Crippen LogP contribution in [0.3, 0.4) is 0 Å². The molecule has 0 aromatic rings. The Balaban J connectivity index is 1.70. The fourth-order valence-electron chi connectivity index (χ4n) is 2.51. The summed E-state index contributed by atoms with van der Waals surface area (Å²) >= 11 is 0. The summed E-state index contributed by atoms with van der Waals surface area (Å²) in [6, 6.07) is 2.57. The molecular formula is C12H15N3O2. The third kappa shape index (κ3) is 1.73. The molecule has 0 spiro atoms. The second-order valence-electron chi connectivity index (χ2n) is 5.57. The SMILES string of the molecule is CC(C#N)(CN1C(=O)C2CC2C1=O)NC1CC1. The first-order valence-corrected chi connectivity index (χ1v) is 6.08. The Labute approximate surface area is 99.8 Å². The summed E-state index contributed by atoms with van der Waals surface area (Å²) in [7, 11) is 0. The molecular weight excluding hydrogens is 218 g/mol. The molecule has 2 amide bonds. The molecule has 0 radical (unpaired) electrons. The van der Waals surface area contributed by atoms with E-state index < -0.39 is 5.54 Å². The van der Waals surface area contributed by atoms with Gasteiger partial charge in [-0.1, -0.05) is 0 Å². The van der Waals surface area contributed by atoms with Gasteiger partial charge in [0.25, 0.3) is 0 Å². The van der Waals surface area contributed by atoms with Crippen LogP contribution >= 0.6 is 0 Å². The van der Waals surface area contributed by atoms with Crippen molar-refractivity contribution in [3.05, 3.63) is 0 Å². The molecule has 1 saturated heterocycles. The van der Waals surface area contributed by atoms with E-state index in [4.69, 9.17) is 0 Å². The second kappa shape index (κ2) is 3.30. The molecule has 3 unspecified atom stereocenters. The molecule has 5 nitrogen and oxygen atoms in total. The molecule has 3 fully saturated rings. The van der Waals surface area contributed by atoms with Crippen molar-refractivity contribution in [1.29, 1.82) is 5.26 Å². The highest BCUT2D eigenvalue weighted by Gasteiger charge is 2.59. The molecule has 0 bridgehead atoms. The highest BCUT2D eigenvalue weighted by Crippen LogP contribution is 2.47. The van der Waals surface area contributed by atoms with Crippen molar-refractivity contribution in [2.45, 2.75) is 37.8 Å². The van der Waals surface area contributed by atoms with Gasteiger partial charge in [0.2, 0.25) is 11.8 Å². The molecule has 1 aliphatic heterocycles. The van der Waals surface area contributed by atoms with Crippen LogP contribution in [0.5, 0.6) is 0 Å². The van der Waals surface area contributed by atoms with Gasteiger partial charge < -0.3 is 0 Å². The fraction of sp³-hybridized carbons (Fsp3) is 0.750. The average Bonchev–Trinajstić information content (AvgIpc) is 3.16. The maximum absolute atomic E-state index is 11.8. The first-order valence-electron chi connectivity index (χ1n) is 6.08. The minimum absolute atomic E-state index is 0.0774. The quantitative estimate of drug-likeness (QED) is 0.695. The second-order valence-corrected chi connectivity index (χ2v) is 5.57. The number of carbonyl (C=O) groups excluding carboxylic acids is 2. The number of imide groups is 1. The average molecular weight is 233 g/mol. The Morgan fingerprint density at radius 2 is 2.00 bits per heavy atom. The number of fused-ring (bicyclic) bond motifs is 1. The van der Waals surface area contributed by atoms with Crippen LogP contribution in [0.2, 0.25) is 0 Å². The van der Waals surface area contributed by atoms with Gasteiger partial charge in [-0.15, -0.1) is 0 Å². The summed E-state index contributed by atoms with van der Waals surface area (Å²) in [5.41, 5.74) is -0.802. The Bertz CT molecular complexity index is 418. The van der Waals surface area contributed by atoms with Crippen LogP contribution in [0.4, 0.5) is 0 Å². The van der Waals surface area contributed by atoms with E-state index in [9.17, 15) is 14.9 Å². The number of nitrogens with one attached hydrogen (secondary N) is 1. The Hall–Kier alpha value is -1.41. The first-order chi connectivity index (χ1) is 8.04. The summed E-state index contributed by atoms with van der Waals surface area (Å²) in [5, 5.41) is 12.4. The van der Waals surface area contributed by atoms with E-state index in [-0.39, 0.29) is 30.2 Å². The van der Waals surface area contributed by atoms with Crippen LogP contribution < -0.4 is 5.32 Å². The fourth-order valence-corrected chi connectivity index (χ4v) is 2.51. The Morgan fingerprint density at radius 3 is 2.47 bits per heavy atom. The molecule has 90 valence electrons. The molecule has 3 rings (SSSR count). The van der Waals surface area contributed by atoms with E-state index in [1.54, 1.807) is 6.92 Å². The zero-order valence-electron chi connectivity index (χ0n) is 9.77. The van der Waals surface area contributed by atoms with Crippen molar-refractivity contribution in [3.8, 4) is 6.07 Å². The lowest BCUT2D eigenvalue weighted by molar-refractivity contribution is -0.142. The van der Waals surface area contributed by atoms with Gasteiger partial charge >= 0.3 is 0 Å². The summed E-state index contributed by atoms with van der Waals surface area (Å²) in [4.78, 5) is 24.9. The van der Waals surface area contributed by atoms with Gasteiger partial charge in [0.05, 0.1) is 24.4 Å². The van der Waals surface area contributed by atoms with Gasteiger partial charge in [-0.25, -0.2) is 0 Å². The molecule has 3 atom stereocenters. The maximum Gasteiger partial charge on any atom is 0.233 e. The van der Waals surface area contributed by atoms with Crippen LogP contribution in [0.25, 0.3) is 0 Å². The standard InChI is InChI=1S/C12H15N3O2/c1-12(5-13,14-7-2-3-7)6-15-10(16)8-4-9(8)11(15)17/h7-9,14H,2-4,6H2,1H3. The molecule has 1 heterocycles. The van der Waals surface area contributed by atoms with Crippen molar-refractivity contribution in [2.24, 2.45) is 11.8 Å². The molecule has 0 aromatic carbocycles. The number of piperidine rings is 1. The summed E-state index contributed by atoms with van der Waals surface area (Å²) in [6.07, 6.45) is 2.86. The zero-order valence-corrected chi connectivity index (χ0v) is 9.77. The molecule has 17 heavy (non-hydrogen) atoms.